The number of methoxy groups -OCH3 is 1. The van der Waals surface area contributed by atoms with Gasteiger partial charge >= 0.3 is 6.16 Å². The second-order valence-corrected chi connectivity index (χ2v) is 8.29. The van der Waals surface area contributed by atoms with Crippen molar-refractivity contribution >= 4 is 21.9 Å². The van der Waals surface area contributed by atoms with Gasteiger partial charge < -0.3 is 14.6 Å². The van der Waals surface area contributed by atoms with Crippen LogP contribution in [-0.4, -0.2) is 39.9 Å². The Labute approximate surface area is 171 Å². The lowest BCUT2D eigenvalue weighted by Gasteiger charge is -2.26. The van der Waals surface area contributed by atoms with Gasteiger partial charge in [-0.05, 0) is 50.1 Å². The summed E-state index contributed by atoms with van der Waals surface area (Å²) in [5.74, 6) is -0.155. The first-order chi connectivity index (χ1) is 13.7. The first-order valence-corrected chi connectivity index (χ1v) is 10.4. The number of para-hydroxylation sites is 2. The second kappa shape index (κ2) is 9.47. The molecule has 2 aromatic rings. The molecule has 1 N–H and O–H groups in total. The summed E-state index contributed by atoms with van der Waals surface area (Å²) in [6.07, 6.45) is 2.23. The minimum atomic E-state index is -3.97. The molecule has 2 aromatic carbocycles. The van der Waals surface area contributed by atoms with Crippen molar-refractivity contribution in [1.29, 1.82) is 0 Å². The van der Waals surface area contributed by atoms with E-state index in [0.717, 1.165) is 9.87 Å². The number of carbonyl (C=O) groups is 1. The summed E-state index contributed by atoms with van der Waals surface area (Å²) in [5, 5.41) is 10.3. The SMILES string of the molecule is COC(=O)OC/C=C/CN(c1ccccc1O)S(=O)(=O)c1c(C)cc(C)cc1C. The molecular weight excluding hydrogens is 394 g/mol. The fraction of sp³-hybridized carbons (Fsp3) is 0.286. The number of anilines is 1. The first-order valence-electron chi connectivity index (χ1n) is 8.92. The molecule has 2 rings (SSSR count). The van der Waals surface area contributed by atoms with E-state index in [1.807, 2.05) is 19.1 Å². The van der Waals surface area contributed by atoms with Gasteiger partial charge in [0.25, 0.3) is 10.0 Å². The molecular formula is C21H25NO6S. The number of sulfonamides is 1. The number of carbonyl (C=O) groups excluding carboxylic acids is 1. The largest absolute Gasteiger partial charge is 0.508 e. The first kappa shape index (κ1) is 22.3. The van der Waals surface area contributed by atoms with Gasteiger partial charge in [-0.1, -0.05) is 35.9 Å². The maximum Gasteiger partial charge on any atom is 0.508 e. The zero-order valence-corrected chi connectivity index (χ0v) is 17.7. The van der Waals surface area contributed by atoms with Gasteiger partial charge in [0, 0.05) is 0 Å². The molecule has 0 amide bonds. The Morgan fingerprint density at radius 1 is 1.10 bits per heavy atom. The monoisotopic (exact) mass is 419 g/mol. The van der Waals surface area contributed by atoms with Crippen molar-refractivity contribution in [1.82, 2.24) is 0 Å². The Bertz CT molecular complexity index is 991. The number of aromatic hydroxyl groups is 1. The third kappa shape index (κ3) is 5.29. The van der Waals surface area contributed by atoms with Gasteiger partial charge in [0.15, 0.2) is 0 Å². The van der Waals surface area contributed by atoms with E-state index in [2.05, 4.69) is 4.74 Å². The molecule has 0 saturated carbocycles. The third-order valence-corrected chi connectivity index (χ3v) is 6.29. The zero-order valence-electron chi connectivity index (χ0n) is 16.9. The van der Waals surface area contributed by atoms with Crippen molar-refractivity contribution in [3.05, 3.63) is 65.2 Å². The van der Waals surface area contributed by atoms with E-state index in [9.17, 15) is 18.3 Å². The average Bonchev–Trinajstić information content (AvgIpc) is 2.64. The molecule has 0 unspecified atom stereocenters. The molecule has 0 aromatic heterocycles. The Morgan fingerprint density at radius 3 is 2.31 bits per heavy atom. The van der Waals surface area contributed by atoms with Crippen molar-refractivity contribution in [2.45, 2.75) is 25.7 Å². The van der Waals surface area contributed by atoms with E-state index in [1.165, 1.54) is 25.3 Å². The van der Waals surface area contributed by atoms with E-state index in [1.54, 1.807) is 32.1 Å². The summed E-state index contributed by atoms with van der Waals surface area (Å²) < 4.78 is 37.3. The van der Waals surface area contributed by atoms with Gasteiger partial charge in [-0.3, -0.25) is 4.31 Å². The molecule has 7 nitrogen and oxygen atoms in total. The summed E-state index contributed by atoms with van der Waals surface area (Å²) in [6.45, 7) is 5.27. The molecule has 0 aliphatic heterocycles. The number of rotatable bonds is 7. The number of ether oxygens (including phenoxy) is 2. The second-order valence-electron chi connectivity index (χ2n) is 6.49. The molecule has 0 saturated heterocycles. The quantitative estimate of drug-likeness (QED) is 0.541. The molecule has 0 bridgehead atoms. The van der Waals surface area contributed by atoms with E-state index >= 15 is 0 Å². The normalized spacial score (nSPS) is 11.4. The highest BCUT2D eigenvalue weighted by Crippen LogP contribution is 2.33. The molecule has 156 valence electrons. The van der Waals surface area contributed by atoms with E-state index in [-0.39, 0.29) is 29.5 Å². The van der Waals surface area contributed by atoms with E-state index in [0.29, 0.717) is 11.1 Å². The highest BCUT2D eigenvalue weighted by molar-refractivity contribution is 7.93. The summed E-state index contributed by atoms with van der Waals surface area (Å²) in [4.78, 5) is 11.2. The number of hydrogen-bond donors (Lipinski definition) is 1. The van der Waals surface area contributed by atoms with Gasteiger partial charge in [0.2, 0.25) is 0 Å². The molecule has 0 heterocycles. The minimum absolute atomic E-state index is 0.0583. The van der Waals surface area contributed by atoms with Crippen molar-refractivity contribution < 1.29 is 27.8 Å². The summed E-state index contributed by atoms with van der Waals surface area (Å²) in [5.41, 5.74) is 2.38. The van der Waals surface area contributed by atoms with Crippen LogP contribution in [0.4, 0.5) is 10.5 Å². The van der Waals surface area contributed by atoms with Crippen LogP contribution < -0.4 is 4.31 Å². The lowest BCUT2D eigenvalue weighted by Crippen LogP contribution is -2.32. The Hall–Kier alpha value is -3.00. The zero-order chi connectivity index (χ0) is 21.6. The van der Waals surface area contributed by atoms with Crippen LogP contribution in [0.2, 0.25) is 0 Å². The minimum Gasteiger partial charge on any atom is -0.506 e. The maximum absolute atomic E-state index is 13.5. The highest BCUT2D eigenvalue weighted by atomic mass is 32.2. The predicted octanol–water partition coefficient (Wildman–Crippen LogP) is 3.85. The van der Waals surface area contributed by atoms with Gasteiger partial charge in [-0.15, -0.1) is 0 Å². The molecule has 0 atom stereocenters. The average molecular weight is 419 g/mol. The summed E-state index contributed by atoms with van der Waals surface area (Å²) in [7, 11) is -2.77. The van der Waals surface area contributed by atoms with Crippen LogP contribution in [0.3, 0.4) is 0 Å². The molecule has 0 radical (unpaired) electrons. The van der Waals surface area contributed by atoms with Crippen LogP contribution >= 0.6 is 0 Å². The number of hydrogen-bond acceptors (Lipinski definition) is 6. The molecule has 0 fully saturated rings. The van der Waals surface area contributed by atoms with Gasteiger partial charge in [-0.2, -0.15) is 0 Å². The number of nitrogens with zero attached hydrogens (tertiary/aromatic N) is 1. The van der Waals surface area contributed by atoms with E-state index < -0.39 is 16.2 Å². The van der Waals surface area contributed by atoms with Gasteiger partial charge in [0.1, 0.15) is 12.4 Å². The molecule has 8 heteroatoms. The topological polar surface area (TPSA) is 93.1 Å². The number of phenols is 1. The van der Waals surface area contributed by atoms with E-state index in [4.69, 9.17) is 4.74 Å². The van der Waals surface area contributed by atoms with Crippen molar-refractivity contribution in [3.8, 4) is 5.75 Å². The fourth-order valence-corrected chi connectivity index (χ4v) is 4.95. The lowest BCUT2D eigenvalue weighted by atomic mass is 10.1. The van der Waals surface area contributed by atoms with Crippen molar-refractivity contribution in [2.75, 3.05) is 24.6 Å². The Balaban J connectivity index is 2.44. The Kier molecular flexibility index (Phi) is 7.28. The fourth-order valence-electron chi connectivity index (χ4n) is 3.10. The highest BCUT2D eigenvalue weighted by Gasteiger charge is 2.29. The van der Waals surface area contributed by atoms with Crippen LogP contribution in [0.5, 0.6) is 5.75 Å². The Morgan fingerprint density at radius 2 is 1.72 bits per heavy atom. The van der Waals surface area contributed by atoms with Crippen LogP contribution in [0, 0.1) is 20.8 Å². The number of aryl methyl sites for hydroxylation is 3. The van der Waals surface area contributed by atoms with Crippen LogP contribution in [0.25, 0.3) is 0 Å². The number of phenolic OH excluding ortho intramolecular Hbond substituents is 1. The van der Waals surface area contributed by atoms with Crippen LogP contribution in [0.15, 0.2) is 53.4 Å². The molecule has 0 spiro atoms. The molecule has 0 aliphatic rings. The van der Waals surface area contributed by atoms with Crippen molar-refractivity contribution in [3.63, 3.8) is 0 Å². The predicted molar refractivity (Wildman–Crippen MR) is 111 cm³/mol. The lowest BCUT2D eigenvalue weighted by molar-refractivity contribution is 0.0818. The summed E-state index contributed by atoms with van der Waals surface area (Å²) in [6, 6.07) is 9.84. The third-order valence-electron chi connectivity index (χ3n) is 4.21. The van der Waals surface area contributed by atoms with Crippen LogP contribution in [-0.2, 0) is 19.5 Å². The maximum atomic E-state index is 13.5. The standard InChI is InChI=1S/C21H25NO6S/c1-15-13-16(2)20(17(3)14-15)29(25,26)22(18-9-5-6-10-19(18)23)11-7-8-12-28-21(24)27-4/h5-10,13-14,23H,11-12H2,1-4H3/b8-7+. The molecule has 0 aliphatic carbocycles. The van der Waals surface area contributed by atoms with Gasteiger partial charge in [0.05, 0.1) is 24.2 Å². The van der Waals surface area contributed by atoms with Gasteiger partial charge in [-0.25, -0.2) is 13.2 Å². The molecule has 29 heavy (non-hydrogen) atoms. The van der Waals surface area contributed by atoms with Crippen molar-refractivity contribution in [2.24, 2.45) is 0 Å². The summed E-state index contributed by atoms with van der Waals surface area (Å²) >= 11 is 0. The number of benzene rings is 2. The van der Waals surface area contributed by atoms with Crippen LogP contribution in [0.1, 0.15) is 16.7 Å². The smallest absolute Gasteiger partial charge is 0.506 e.